The number of aromatic nitrogens is 3. The molecule has 0 aliphatic heterocycles. The van der Waals surface area contributed by atoms with Crippen LogP contribution in [0.3, 0.4) is 0 Å². The fourth-order valence-electron chi connectivity index (χ4n) is 4.88. The first-order chi connectivity index (χ1) is 20.2. The van der Waals surface area contributed by atoms with E-state index in [1.807, 2.05) is 50.2 Å². The Morgan fingerprint density at radius 2 is 1.50 bits per heavy atom. The van der Waals surface area contributed by atoms with Crippen molar-refractivity contribution in [1.82, 2.24) is 14.8 Å². The molecule has 0 amide bonds. The van der Waals surface area contributed by atoms with E-state index in [2.05, 4.69) is 5.10 Å². The van der Waals surface area contributed by atoms with Crippen LogP contribution in [0.4, 0.5) is 13.2 Å². The molecule has 6 rings (SSSR count). The molecule has 6 aromatic rings. The third-order valence-electron chi connectivity index (χ3n) is 6.96. The first-order valence-electron chi connectivity index (χ1n) is 13.3. The lowest BCUT2D eigenvalue weighted by Gasteiger charge is -2.13. The summed E-state index contributed by atoms with van der Waals surface area (Å²) in [5.41, 5.74) is 4.35. The minimum Gasteiger partial charge on any atom is -0.489 e. The molecule has 2 aromatic heterocycles. The second-order valence-corrected chi connectivity index (χ2v) is 10.6. The van der Waals surface area contributed by atoms with Crippen LogP contribution in [0.5, 0.6) is 5.75 Å². The van der Waals surface area contributed by atoms with Crippen molar-refractivity contribution in [2.45, 2.75) is 26.6 Å². The van der Waals surface area contributed by atoms with Gasteiger partial charge in [-0.2, -0.15) is 18.3 Å². The maximum atomic E-state index is 14.7. The number of alkyl halides is 3. The van der Waals surface area contributed by atoms with Crippen LogP contribution in [0, 0.1) is 13.8 Å². The van der Waals surface area contributed by atoms with Crippen LogP contribution in [-0.4, -0.2) is 14.8 Å². The Morgan fingerprint density at radius 3 is 2.19 bits per heavy atom. The average molecular weight is 584 g/mol. The number of nitrogens with zero attached hydrogens (tertiary/aromatic N) is 3. The zero-order chi connectivity index (χ0) is 29.4. The van der Waals surface area contributed by atoms with Gasteiger partial charge in [-0.3, -0.25) is 0 Å². The van der Waals surface area contributed by atoms with Crippen molar-refractivity contribution in [2.75, 3.05) is 0 Å². The van der Waals surface area contributed by atoms with E-state index in [4.69, 9.17) is 21.3 Å². The summed E-state index contributed by atoms with van der Waals surface area (Å²) in [7, 11) is 0. The van der Waals surface area contributed by atoms with Gasteiger partial charge in [0, 0.05) is 16.1 Å². The highest BCUT2D eigenvalue weighted by Crippen LogP contribution is 2.42. The van der Waals surface area contributed by atoms with Gasteiger partial charge in [-0.1, -0.05) is 77.3 Å². The second kappa shape index (κ2) is 11.0. The minimum absolute atomic E-state index is 0.0758. The molecule has 0 saturated heterocycles. The standard InChI is InChI=1S/C34H25ClF3N3O/c1-21-9-11-25(12-10-21)32-31-29(34(36,37)38)19-30(39-33(31)41(40-32)27-8-4-7-26(35)18-27)24-13-15-28(16-14-24)42-20-23-6-3-5-22(2)17-23/h3-19H,20H2,1-2H3. The van der Waals surface area contributed by atoms with Gasteiger partial charge in [-0.25, -0.2) is 9.67 Å². The van der Waals surface area contributed by atoms with E-state index in [9.17, 15) is 13.2 Å². The molecule has 210 valence electrons. The minimum atomic E-state index is -4.66. The zero-order valence-electron chi connectivity index (χ0n) is 22.8. The van der Waals surface area contributed by atoms with Gasteiger partial charge in [0.15, 0.2) is 5.65 Å². The van der Waals surface area contributed by atoms with Crippen LogP contribution < -0.4 is 4.74 Å². The number of pyridine rings is 1. The smallest absolute Gasteiger partial charge is 0.417 e. The molecule has 8 heteroatoms. The van der Waals surface area contributed by atoms with Crippen LogP contribution in [0.1, 0.15) is 22.3 Å². The summed E-state index contributed by atoms with van der Waals surface area (Å²) in [6.07, 6.45) is -4.66. The summed E-state index contributed by atoms with van der Waals surface area (Å²) >= 11 is 6.25. The average Bonchev–Trinajstić information content (AvgIpc) is 3.35. The van der Waals surface area contributed by atoms with E-state index in [0.29, 0.717) is 34.2 Å². The number of ether oxygens (including phenoxy) is 1. The van der Waals surface area contributed by atoms with Crippen LogP contribution in [0.25, 0.3) is 39.2 Å². The molecule has 0 bridgehead atoms. The van der Waals surface area contributed by atoms with Crippen molar-refractivity contribution in [3.05, 3.63) is 130 Å². The molecule has 4 aromatic carbocycles. The van der Waals surface area contributed by atoms with Gasteiger partial charge in [0.25, 0.3) is 0 Å². The van der Waals surface area contributed by atoms with Gasteiger partial charge < -0.3 is 4.74 Å². The van der Waals surface area contributed by atoms with Gasteiger partial charge in [-0.05, 0) is 67.9 Å². The highest BCUT2D eigenvalue weighted by Gasteiger charge is 2.36. The van der Waals surface area contributed by atoms with E-state index in [-0.39, 0.29) is 22.4 Å². The lowest BCUT2D eigenvalue weighted by molar-refractivity contribution is -0.136. The van der Waals surface area contributed by atoms with E-state index in [0.717, 1.165) is 22.8 Å². The van der Waals surface area contributed by atoms with Crippen molar-refractivity contribution < 1.29 is 17.9 Å². The third-order valence-corrected chi connectivity index (χ3v) is 7.19. The van der Waals surface area contributed by atoms with Crippen LogP contribution in [0.2, 0.25) is 5.02 Å². The monoisotopic (exact) mass is 583 g/mol. The Morgan fingerprint density at radius 1 is 0.786 bits per heavy atom. The number of rotatable bonds is 6. The Kier molecular flexibility index (Phi) is 7.21. The van der Waals surface area contributed by atoms with E-state index >= 15 is 0 Å². The van der Waals surface area contributed by atoms with Gasteiger partial charge >= 0.3 is 6.18 Å². The van der Waals surface area contributed by atoms with E-state index in [1.165, 1.54) is 4.68 Å². The molecule has 0 radical (unpaired) electrons. The molecule has 0 unspecified atom stereocenters. The molecule has 4 nitrogen and oxygen atoms in total. The van der Waals surface area contributed by atoms with Crippen molar-refractivity contribution >= 4 is 22.6 Å². The number of fused-ring (bicyclic) bond motifs is 1. The summed E-state index contributed by atoms with van der Waals surface area (Å²) in [6.45, 7) is 4.31. The van der Waals surface area contributed by atoms with Gasteiger partial charge in [0.1, 0.15) is 18.1 Å². The lowest BCUT2D eigenvalue weighted by Crippen LogP contribution is -2.08. The molecule has 0 saturated carbocycles. The first kappa shape index (κ1) is 27.5. The Balaban J connectivity index is 1.48. The van der Waals surface area contributed by atoms with Crippen molar-refractivity contribution in [1.29, 1.82) is 0 Å². The predicted octanol–water partition coefficient (Wildman–Crippen LogP) is 9.62. The molecule has 42 heavy (non-hydrogen) atoms. The quantitative estimate of drug-likeness (QED) is 0.196. The largest absolute Gasteiger partial charge is 0.489 e. The molecule has 0 aliphatic rings. The van der Waals surface area contributed by atoms with Crippen molar-refractivity contribution in [3.8, 4) is 34.0 Å². The predicted molar refractivity (Wildman–Crippen MR) is 160 cm³/mol. The second-order valence-electron chi connectivity index (χ2n) is 10.2. The number of hydrogen-bond acceptors (Lipinski definition) is 3. The van der Waals surface area contributed by atoms with Gasteiger partial charge in [0.05, 0.1) is 22.3 Å². The Labute approximate surface area is 246 Å². The molecule has 2 heterocycles. The summed E-state index contributed by atoms with van der Waals surface area (Å²) in [6, 6.07) is 30.0. The Bertz CT molecular complexity index is 1900. The lowest BCUT2D eigenvalue weighted by atomic mass is 10.0. The number of halogens is 4. The summed E-state index contributed by atoms with van der Waals surface area (Å²) in [5, 5.41) is 5.01. The third kappa shape index (κ3) is 5.60. The summed E-state index contributed by atoms with van der Waals surface area (Å²) in [4.78, 5) is 4.74. The van der Waals surface area contributed by atoms with E-state index in [1.54, 1.807) is 60.7 Å². The number of benzene rings is 4. The van der Waals surface area contributed by atoms with Crippen LogP contribution in [-0.2, 0) is 12.8 Å². The summed E-state index contributed by atoms with van der Waals surface area (Å²) < 4.78 is 51.4. The normalized spacial score (nSPS) is 11.7. The highest BCUT2D eigenvalue weighted by atomic mass is 35.5. The van der Waals surface area contributed by atoms with Crippen LogP contribution >= 0.6 is 11.6 Å². The molecular weight excluding hydrogens is 559 g/mol. The molecule has 0 fully saturated rings. The van der Waals surface area contributed by atoms with Crippen LogP contribution in [0.15, 0.2) is 103 Å². The maximum absolute atomic E-state index is 14.7. The molecular formula is C34H25ClF3N3O. The van der Waals surface area contributed by atoms with E-state index < -0.39 is 11.7 Å². The summed E-state index contributed by atoms with van der Waals surface area (Å²) in [5.74, 6) is 0.600. The fraction of sp³-hybridized carbons (Fsp3) is 0.118. The van der Waals surface area contributed by atoms with Gasteiger partial charge in [-0.15, -0.1) is 0 Å². The van der Waals surface area contributed by atoms with Gasteiger partial charge in [0.2, 0.25) is 0 Å². The Hall–Kier alpha value is -4.62. The molecule has 0 N–H and O–H groups in total. The first-order valence-corrected chi connectivity index (χ1v) is 13.7. The molecule has 0 atom stereocenters. The maximum Gasteiger partial charge on any atom is 0.417 e. The highest BCUT2D eigenvalue weighted by molar-refractivity contribution is 6.30. The fourth-order valence-corrected chi connectivity index (χ4v) is 5.06. The number of hydrogen-bond donors (Lipinski definition) is 0. The topological polar surface area (TPSA) is 39.9 Å². The zero-order valence-corrected chi connectivity index (χ0v) is 23.5. The SMILES string of the molecule is Cc1ccc(-c2nn(-c3cccc(Cl)c3)c3nc(-c4ccc(OCc5cccc(C)c5)cc4)cc(C(F)(F)F)c23)cc1. The van der Waals surface area contributed by atoms with Crippen molar-refractivity contribution in [3.63, 3.8) is 0 Å². The molecule has 0 aliphatic carbocycles. The van der Waals surface area contributed by atoms with Crippen molar-refractivity contribution in [2.24, 2.45) is 0 Å². The number of aryl methyl sites for hydroxylation is 2. The molecule has 0 spiro atoms.